The lowest BCUT2D eigenvalue weighted by atomic mass is 10.1. The first kappa shape index (κ1) is 25.4. The Kier molecular flexibility index (Phi) is 7.37. The zero-order valence-electron chi connectivity index (χ0n) is 17.7. The molecule has 0 saturated heterocycles. The third-order valence-corrected chi connectivity index (χ3v) is 5.51. The maximum atomic E-state index is 12.9. The van der Waals surface area contributed by atoms with Gasteiger partial charge in [-0.25, -0.2) is 4.79 Å². The molecule has 0 aromatic carbocycles. The molecule has 0 fully saturated rings. The summed E-state index contributed by atoms with van der Waals surface area (Å²) in [5, 5.41) is -0.0582. The Balaban J connectivity index is 2.37. The lowest BCUT2D eigenvalue weighted by Gasteiger charge is -2.14. The second-order valence-electron chi connectivity index (χ2n) is 7.17. The van der Waals surface area contributed by atoms with E-state index in [4.69, 9.17) is 4.74 Å². The van der Waals surface area contributed by atoms with Crippen LogP contribution in [0.3, 0.4) is 0 Å². The molecule has 0 radical (unpaired) electrons. The SMILES string of the molecule is CC(=O)OC(C)CCCCn1c(=O)c2c(C)cc(OS(=O)(=O)C(F)(F)F)nc2n(C)c1=O. The van der Waals surface area contributed by atoms with Crippen LogP contribution in [0, 0.1) is 6.92 Å². The quantitative estimate of drug-likeness (QED) is 0.242. The molecular formula is C18H22F3N3O7S. The monoisotopic (exact) mass is 481 g/mol. The summed E-state index contributed by atoms with van der Waals surface area (Å²) >= 11 is 0. The summed E-state index contributed by atoms with van der Waals surface area (Å²) in [5.41, 5.74) is -7.39. The second-order valence-corrected chi connectivity index (χ2v) is 8.71. The molecule has 0 spiro atoms. The number of ether oxygens (including phenoxy) is 1. The van der Waals surface area contributed by atoms with Crippen molar-refractivity contribution in [2.45, 2.75) is 58.2 Å². The molecule has 1 atom stereocenters. The Morgan fingerprint density at radius 2 is 1.88 bits per heavy atom. The molecule has 0 saturated carbocycles. The molecule has 10 nitrogen and oxygen atoms in total. The molecule has 2 aromatic heterocycles. The molecule has 1 unspecified atom stereocenters. The standard InChI is InChI=1S/C18H22F3N3O7S/c1-10-9-13(31-32(28,29)18(19,20)21)22-15-14(10)16(26)24(17(27)23(15)4)8-6-5-7-11(2)30-12(3)25/h9,11H,5-8H2,1-4H3. The summed E-state index contributed by atoms with van der Waals surface area (Å²) in [4.78, 5) is 40.0. The number of alkyl halides is 3. The summed E-state index contributed by atoms with van der Waals surface area (Å²) in [6.45, 7) is 4.42. The first-order chi connectivity index (χ1) is 14.7. The third kappa shape index (κ3) is 5.47. The summed E-state index contributed by atoms with van der Waals surface area (Å²) in [5.74, 6) is -1.33. The second kappa shape index (κ2) is 9.30. The van der Waals surface area contributed by atoms with E-state index in [0.717, 1.165) is 15.2 Å². The number of carbonyl (C=O) groups excluding carboxylic acids is 1. The minimum atomic E-state index is -5.97. The van der Waals surface area contributed by atoms with Gasteiger partial charge in [0.2, 0.25) is 5.88 Å². The Bertz CT molecular complexity index is 1250. The van der Waals surface area contributed by atoms with Crippen molar-refractivity contribution < 1.29 is 35.3 Å². The highest BCUT2D eigenvalue weighted by molar-refractivity contribution is 7.87. The van der Waals surface area contributed by atoms with E-state index < -0.39 is 38.7 Å². The van der Waals surface area contributed by atoms with Crippen molar-refractivity contribution in [1.82, 2.24) is 14.1 Å². The summed E-state index contributed by atoms with van der Waals surface area (Å²) in [6.07, 6.45) is 1.18. The van der Waals surface area contributed by atoms with Crippen molar-refractivity contribution in [3.63, 3.8) is 0 Å². The molecule has 0 aliphatic carbocycles. The first-order valence-electron chi connectivity index (χ1n) is 9.45. The number of halogens is 3. The lowest BCUT2D eigenvalue weighted by molar-refractivity contribution is -0.145. The van der Waals surface area contributed by atoms with Crippen LogP contribution in [0.15, 0.2) is 15.7 Å². The molecule has 32 heavy (non-hydrogen) atoms. The van der Waals surface area contributed by atoms with Crippen LogP contribution in [0.2, 0.25) is 0 Å². The number of esters is 1. The maximum Gasteiger partial charge on any atom is 0.534 e. The van der Waals surface area contributed by atoms with Gasteiger partial charge >= 0.3 is 27.3 Å². The third-order valence-electron chi connectivity index (χ3n) is 4.56. The van der Waals surface area contributed by atoms with Gasteiger partial charge in [-0.3, -0.25) is 18.7 Å². The molecule has 14 heteroatoms. The van der Waals surface area contributed by atoms with Crippen molar-refractivity contribution in [3.8, 4) is 5.88 Å². The minimum Gasteiger partial charge on any atom is -0.463 e. The van der Waals surface area contributed by atoms with Crippen LogP contribution >= 0.6 is 0 Å². The van der Waals surface area contributed by atoms with Crippen molar-refractivity contribution in [2.24, 2.45) is 7.05 Å². The van der Waals surface area contributed by atoms with Crippen LogP contribution in [-0.2, 0) is 33.2 Å². The van der Waals surface area contributed by atoms with E-state index in [9.17, 15) is 36.0 Å². The molecule has 2 heterocycles. The molecule has 2 aromatic rings. The molecule has 0 bridgehead atoms. The Morgan fingerprint density at radius 1 is 1.25 bits per heavy atom. The molecule has 0 amide bonds. The van der Waals surface area contributed by atoms with Crippen LogP contribution < -0.4 is 15.4 Å². The van der Waals surface area contributed by atoms with Crippen molar-refractivity contribution >= 4 is 27.1 Å². The zero-order chi connectivity index (χ0) is 24.4. The van der Waals surface area contributed by atoms with Crippen LogP contribution in [0.4, 0.5) is 13.2 Å². The Morgan fingerprint density at radius 3 is 2.44 bits per heavy atom. The molecule has 0 N–H and O–H groups in total. The highest BCUT2D eigenvalue weighted by atomic mass is 32.2. The van der Waals surface area contributed by atoms with Gasteiger partial charge in [0.05, 0.1) is 11.5 Å². The summed E-state index contributed by atoms with van der Waals surface area (Å²) in [6, 6.07) is 0.878. The number of hydrogen-bond donors (Lipinski definition) is 0. The number of nitrogens with zero attached hydrogens (tertiary/aromatic N) is 3. The van der Waals surface area contributed by atoms with E-state index in [-0.39, 0.29) is 29.2 Å². The normalized spacial score (nSPS) is 13.2. The van der Waals surface area contributed by atoms with Gasteiger partial charge < -0.3 is 8.92 Å². The van der Waals surface area contributed by atoms with Crippen molar-refractivity contribution in [2.75, 3.05) is 0 Å². The van der Waals surface area contributed by atoms with Gasteiger partial charge in [-0.05, 0) is 38.7 Å². The highest BCUT2D eigenvalue weighted by Crippen LogP contribution is 2.27. The van der Waals surface area contributed by atoms with Crippen LogP contribution in [0.1, 0.15) is 38.7 Å². The fourth-order valence-electron chi connectivity index (χ4n) is 3.07. The molecular weight excluding hydrogens is 459 g/mol. The number of aromatic nitrogens is 3. The van der Waals surface area contributed by atoms with Crippen LogP contribution in [0.5, 0.6) is 5.88 Å². The summed E-state index contributed by atoms with van der Waals surface area (Å²) in [7, 11) is -4.72. The summed E-state index contributed by atoms with van der Waals surface area (Å²) < 4.78 is 71.1. The van der Waals surface area contributed by atoms with E-state index in [2.05, 4.69) is 9.17 Å². The van der Waals surface area contributed by atoms with E-state index >= 15 is 0 Å². The lowest BCUT2D eigenvalue weighted by Crippen LogP contribution is -2.39. The van der Waals surface area contributed by atoms with Gasteiger partial charge in [0, 0.05) is 26.6 Å². The number of rotatable bonds is 8. The first-order valence-corrected chi connectivity index (χ1v) is 10.9. The smallest absolute Gasteiger partial charge is 0.463 e. The predicted octanol–water partition coefficient (Wildman–Crippen LogP) is 1.75. The molecule has 178 valence electrons. The van der Waals surface area contributed by atoms with E-state index in [0.29, 0.717) is 19.3 Å². The van der Waals surface area contributed by atoms with Gasteiger partial charge in [0.1, 0.15) is 0 Å². The number of aryl methyl sites for hydroxylation is 2. The van der Waals surface area contributed by atoms with Crippen molar-refractivity contribution in [1.29, 1.82) is 0 Å². The largest absolute Gasteiger partial charge is 0.534 e. The fourth-order valence-corrected chi connectivity index (χ4v) is 3.47. The van der Waals surface area contributed by atoms with Crippen LogP contribution in [-0.4, -0.2) is 40.1 Å². The van der Waals surface area contributed by atoms with Gasteiger partial charge in [0.25, 0.3) is 5.56 Å². The number of pyridine rings is 1. The predicted molar refractivity (Wildman–Crippen MR) is 107 cm³/mol. The molecule has 2 rings (SSSR count). The van der Waals surface area contributed by atoms with E-state index in [1.54, 1.807) is 6.92 Å². The minimum absolute atomic E-state index is 0.0500. The number of fused-ring (bicyclic) bond motifs is 1. The number of carbonyl (C=O) groups is 1. The average Bonchev–Trinajstić information content (AvgIpc) is 2.63. The maximum absolute atomic E-state index is 12.9. The van der Waals surface area contributed by atoms with Crippen LogP contribution in [0.25, 0.3) is 11.0 Å². The topological polar surface area (TPSA) is 127 Å². The number of unbranched alkanes of at least 4 members (excludes halogenated alkanes) is 1. The van der Waals surface area contributed by atoms with E-state index in [1.165, 1.54) is 20.9 Å². The zero-order valence-corrected chi connectivity index (χ0v) is 18.5. The average molecular weight is 481 g/mol. The highest BCUT2D eigenvalue weighted by Gasteiger charge is 2.49. The van der Waals surface area contributed by atoms with Crippen molar-refractivity contribution in [3.05, 3.63) is 32.5 Å². The fraction of sp³-hybridized carbons (Fsp3) is 0.556. The molecule has 0 aliphatic heterocycles. The van der Waals surface area contributed by atoms with Gasteiger partial charge in [-0.15, -0.1) is 0 Å². The van der Waals surface area contributed by atoms with Gasteiger partial charge in [0.15, 0.2) is 5.65 Å². The van der Waals surface area contributed by atoms with Gasteiger partial charge in [-0.1, -0.05) is 0 Å². The Hall–Kier alpha value is -2.90. The Labute approximate surface area is 180 Å². The number of hydrogen-bond acceptors (Lipinski definition) is 8. The van der Waals surface area contributed by atoms with Gasteiger partial charge in [-0.2, -0.15) is 26.6 Å². The molecule has 0 aliphatic rings. The van der Waals surface area contributed by atoms with E-state index in [1.807, 2.05) is 0 Å².